The molecule has 0 amide bonds. The Morgan fingerprint density at radius 2 is 2.06 bits per heavy atom. The Morgan fingerprint density at radius 1 is 1.28 bits per heavy atom. The molecule has 1 aromatic heterocycles. The average molecular weight is 250 g/mol. The highest BCUT2D eigenvalue weighted by molar-refractivity contribution is 5.38. The maximum absolute atomic E-state index is 4.36. The van der Waals surface area contributed by atoms with Crippen LogP contribution in [0.5, 0.6) is 0 Å². The van der Waals surface area contributed by atoms with Crippen LogP contribution in [0, 0.1) is 0 Å². The highest BCUT2D eigenvalue weighted by Gasteiger charge is 2.14. The maximum atomic E-state index is 4.36. The molecule has 1 aromatic rings. The summed E-state index contributed by atoms with van der Waals surface area (Å²) in [4.78, 5) is 2.36. The second-order valence-electron chi connectivity index (χ2n) is 4.72. The second kappa shape index (κ2) is 8.03. The first-order chi connectivity index (χ1) is 8.72. The molecule has 0 aliphatic heterocycles. The minimum absolute atomic E-state index is 0.515. The number of aromatic nitrogens is 2. The van der Waals surface area contributed by atoms with E-state index >= 15 is 0 Å². The summed E-state index contributed by atoms with van der Waals surface area (Å²) in [6.07, 6.45) is 3.53. The Kier molecular flexibility index (Phi) is 6.65. The molecule has 0 radical (unpaired) electrons. The van der Waals surface area contributed by atoms with Crippen LogP contribution in [-0.4, -0.2) is 29.8 Å². The summed E-state index contributed by atoms with van der Waals surface area (Å²) in [7, 11) is 1.92. The number of hydrogen-bond donors (Lipinski definition) is 1. The van der Waals surface area contributed by atoms with Crippen molar-refractivity contribution >= 4 is 5.82 Å². The van der Waals surface area contributed by atoms with E-state index in [0.29, 0.717) is 6.04 Å². The topological polar surface area (TPSA) is 41.0 Å². The molecule has 0 aliphatic rings. The molecular formula is C14H26N4. The summed E-state index contributed by atoms with van der Waals surface area (Å²) in [5.74, 6) is 0.998. The number of nitrogens with one attached hydrogen (secondary N) is 1. The van der Waals surface area contributed by atoms with Crippen molar-refractivity contribution in [1.29, 1.82) is 0 Å². The Labute approximate surface area is 111 Å². The van der Waals surface area contributed by atoms with E-state index in [1.165, 1.54) is 12.8 Å². The summed E-state index contributed by atoms with van der Waals surface area (Å²) >= 11 is 0. The van der Waals surface area contributed by atoms with Crippen LogP contribution >= 0.6 is 0 Å². The quantitative estimate of drug-likeness (QED) is 0.770. The normalized spacial score (nSPS) is 12.4. The maximum Gasteiger partial charge on any atom is 0.151 e. The predicted octanol–water partition coefficient (Wildman–Crippen LogP) is 2.60. The third-order valence-corrected chi connectivity index (χ3v) is 3.23. The summed E-state index contributed by atoms with van der Waals surface area (Å²) in [5, 5.41) is 11.7. The fraction of sp³-hybridized carbons (Fsp3) is 0.714. The van der Waals surface area contributed by atoms with Crippen LogP contribution in [0.15, 0.2) is 12.1 Å². The average Bonchev–Trinajstić information content (AvgIpc) is 2.41. The van der Waals surface area contributed by atoms with Crippen LogP contribution in [0.25, 0.3) is 0 Å². The van der Waals surface area contributed by atoms with Crippen LogP contribution < -0.4 is 10.2 Å². The first-order valence-corrected chi connectivity index (χ1v) is 6.96. The fourth-order valence-electron chi connectivity index (χ4n) is 1.89. The van der Waals surface area contributed by atoms with Gasteiger partial charge in [0.2, 0.25) is 0 Å². The summed E-state index contributed by atoms with van der Waals surface area (Å²) in [6, 6.07) is 4.66. The van der Waals surface area contributed by atoms with Crippen LogP contribution in [0.1, 0.15) is 45.7 Å². The van der Waals surface area contributed by atoms with Gasteiger partial charge in [0.15, 0.2) is 5.82 Å². The smallest absolute Gasteiger partial charge is 0.151 e. The Hall–Kier alpha value is -1.16. The number of rotatable bonds is 8. The molecule has 1 heterocycles. The van der Waals surface area contributed by atoms with Crippen molar-refractivity contribution in [3.63, 3.8) is 0 Å². The monoisotopic (exact) mass is 250 g/mol. The zero-order valence-corrected chi connectivity index (χ0v) is 12.1. The second-order valence-corrected chi connectivity index (χ2v) is 4.72. The first-order valence-electron chi connectivity index (χ1n) is 6.96. The molecule has 0 saturated heterocycles. The number of unbranched alkanes of at least 4 members (excludes halogenated alkanes) is 1. The van der Waals surface area contributed by atoms with Crippen molar-refractivity contribution in [2.75, 3.05) is 18.5 Å². The molecule has 1 N–H and O–H groups in total. The van der Waals surface area contributed by atoms with Crippen LogP contribution in [0.4, 0.5) is 5.82 Å². The van der Waals surface area contributed by atoms with E-state index < -0.39 is 0 Å². The summed E-state index contributed by atoms with van der Waals surface area (Å²) < 4.78 is 0. The van der Waals surface area contributed by atoms with Gasteiger partial charge in [-0.1, -0.05) is 20.3 Å². The van der Waals surface area contributed by atoms with E-state index in [4.69, 9.17) is 0 Å². The first kappa shape index (κ1) is 14.9. The van der Waals surface area contributed by atoms with Crippen molar-refractivity contribution in [1.82, 2.24) is 15.5 Å². The molecule has 0 aliphatic carbocycles. The Bertz CT molecular complexity index is 323. The van der Waals surface area contributed by atoms with Crippen molar-refractivity contribution in [2.45, 2.75) is 52.6 Å². The Morgan fingerprint density at radius 3 is 2.56 bits per heavy atom. The van der Waals surface area contributed by atoms with Crippen LogP contribution in [-0.2, 0) is 6.54 Å². The van der Waals surface area contributed by atoms with Gasteiger partial charge in [0.1, 0.15) is 0 Å². The van der Waals surface area contributed by atoms with Crippen molar-refractivity contribution in [3.05, 3.63) is 17.8 Å². The molecule has 102 valence electrons. The molecule has 4 heteroatoms. The van der Waals surface area contributed by atoms with Gasteiger partial charge in [-0.05, 0) is 38.9 Å². The van der Waals surface area contributed by atoms with Gasteiger partial charge in [-0.25, -0.2) is 0 Å². The molecule has 0 bridgehead atoms. The zero-order valence-electron chi connectivity index (χ0n) is 12.1. The van der Waals surface area contributed by atoms with E-state index in [-0.39, 0.29) is 0 Å². The third kappa shape index (κ3) is 4.26. The lowest BCUT2D eigenvalue weighted by molar-refractivity contribution is 0.585. The third-order valence-electron chi connectivity index (χ3n) is 3.23. The number of nitrogens with zero attached hydrogens (tertiary/aromatic N) is 3. The van der Waals surface area contributed by atoms with Crippen molar-refractivity contribution in [2.24, 2.45) is 0 Å². The van der Waals surface area contributed by atoms with E-state index in [1.807, 2.05) is 7.05 Å². The molecule has 1 atom stereocenters. The van der Waals surface area contributed by atoms with Gasteiger partial charge in [-0.15, -0.1) is 5.10 Å². The van der Waals surface area contributed by atoms with E-state index in [0.717, 1.165) is 31.0 Å². The van der Waals surface area contributed by atoms with Gasteiger partial charge < -0.3 is 10.2 Å². The number of anilines is 1. The molecule has 4 nitrogen and oxygen atoms in total. The van der Waals surface area contributed by atoms with E-state index in [1.54, 1.807) is 0 Å². The minimum atomic E-state index is 0.515. The highest BCUT2D eigenvalue weighted by atomic mass is 15.3. The minimum Gasteiger partial charge on any atom is -0.352 e. The molecule has 0 fully saturated rings. The SMILES string of the molecule is CCCCN(c1ccc(CNC)nn1)C(C)CC. The molecule has 18 heavy (non-hydrogen) atoms. The lowest BCUT2D eigenvalue weighted by Crippen LogP contribution is -2.34. The molecular weight excluding hydrogens is 224 g/mol. The molecule has 1 rings (SSSR count). The summed E-state index contributed by atoms with van der Waals surface area (Å²) in [6.45, 7) is 8.51. The number of hydrogen-bond acceptors (Lipinski definition) is 4. The van der Waals surface area contributed by atoms with Gasteiger partial charge >= 0.3 is 0 Å². The van der Waals surface area contributed by atoms with Gasteiger partial charge in [-0.2, -0.15) is 5.10 Å². The molecule has 1 unspecified atom stereocenters. The Balaban J connectivity index is 2.77. The van der Waals surface area contributed by atoms with Crippen LogP contribution in [0.3, 0.4) is 0 Å². The van der Waals surface area contributed by atoms with Gasteiger partial charge in [-0.3, -0.25) is 0 Å². The van der Waals surface area contributed by atoms with Crippen molar-refractivity contribution in [3.8, 4) is 0 Å². The fourth-order valence-corrected chi connectivity index (χ4v) is 1.89. The lowest BCUT2D eigenvalue weighted by Gasteiger charge is -2.29. The summed E-state index contributed by atoms with van der Waals surface area (Å²) in [5.41, 5.74) is 0.987. The van der Waals surface area contributed by atoms with Gasteiger partial charge in [0.25, 0.3) is 0 Å². The van der Waals surface area contributed by atoms with E-state index in [9.17, 15) is 0 Å². The molecule has 0 spiro atoms. The molecule has 0 saturated carbocycles. The van der Waals surface area contributed by atoms with Gasteiger partial charge in [0.05, 0.1) is 5.69 Å². The highest BCUT2D eigenvalue weighted by Crippen LogP contribution is 2.16. The predicted molar refractivity (Wildman–Crippen MR) is 76.8 cm³/mol. The zero-order chi connectivity index (χ0) is 13.4. The largest absolute Gasteiger partial charge is 0.352 e. The lowest BCUT2D eigenvalue weighted by atomic mass is 10.2. The molecule has 0 aromatic carbocycles. The van der Waals surface area contributed by atoms with Crippen molar-refractivity contribution < 1.29 is 0 Å². The van der Waals surface area contributed by atoms with Crippen LogP contribution in [0.2, 0.25) is 0 Å². The standard InChI is InChI=1S/C14H26N4/c1-5-7-10-18(12(3)6-2)14-9-8-13(11-15-4)16-17-14/h8-9,12,15H,5-7,10-11H2,1-4H3. The van der Waals surface area contributed by atoms with Gasteiger partial charge in [0, 0.05) is 19.1 Å². The van der Waals surface area contributed by atoms with E-state index in [2.05, 4.69) is 53.3 Å².